The molecule has 2 unspecified atom stereocenters. The molecule has 1 aromatic rings. The Bertz CT molecular complexity index is 273. The summed E-state index contributed by atoms with van der Waals surface area (Å²) in [5.41, 5.74) is 0.727. The molecule has 0 saturated heterocycles. The third kappa shape index (κ3) is 2.91. The maximum absolute atomic E-state index is 10.8. The number of hydrogen-bond acceptors (Lipinski definition) is 3. The highest BCUT2D eigenvalue weighted by Crippen LogP contribution is 2.21. The van der Waals surface area contributed by atoms with Crippen LogP contribution in [0.15, 0.2) is 30.3 Å². The minimum Gasteiger partial charge on any atom is -0.772 e. The van der Waals surface area contributed by atoms with Gasteiger partial charge in [-0.3, -0.25) is 4.21 Å². The van der Waals surface area contributed by atoms with Crippen LogP contribution in [0.1, 0.15) is 17.2 Å². The Morgan fingerprint density at radius 2 is 2.00 bits per heavy atom. The van der Waals surface area contributed by atoms with Crippen LogP contribution in [0.3, 0.4) is 0 Å². The van der Waals surface area contributed by atoms with Crippen molar-refractivity contribution in [1.29, 1.82) is 0 Å². The summed E-state index contributed by atoms with van der Waals surface area (Å²) in [5.74, 6) is 0. The van der Waals surface area contributed by atoms with E-state index in [1.54, 1.807) is 24.3 Å². The van der Waals surface area contributed by atoms with Gasteiger partial charge in [-0.15, -0.1) is 0 Å². The smallest absolute Gasteiger partial charge is 0.0486 e. The van der Waals surface area contributed by atoms with Crippen LogP contribution in [0.2, 0.25) is 0 Å². The molecule has 0 spiro atoms. The SMILES string of the molecule is O=S([O-])C(CCO)c1ccccc1. The minimum absolute atomic E-state index is 0.118. The fourth-order valence-corrected chi connectivity index (χ4v) is 1.84. The Morgan fingerprint density at radius 1 is 1.38 bits per heavy atom. The van der Waals surface area contributed by atoms with Gasteiger partial charge >= 0.3 is 0 Å². The fourth-order valence-electron chi connectivity index (χ4n) is 1.16. The van der Waals surface area contributed by atoms with Crippen LogP contribution in [-0.2, 0) is 11.1 Å². The van der Waals surface area contributed by atoms with E-state index >= 15 is 0 Å². The van der Waals surface area contributed by atoms with E-state index in [1.165, 1.54) is 0 Å². The molecule has 1 N–H and O–H groups in total. The Balaban J connectivity index is 2.82. The molecule has 0 saturated carbocycles. The van der Waals surface area contributed by atoms with E-state index in [-0.39, 0.29) is 13.0 Å². The van der Waals surface area contributed by atoms with E-state index in [2.05, 4.69) is 0 Å². The summed E-state index contributed by atoms with van der Waals surface area (Å²) in [7, 11) is 0. The molecule has 13 heavy (non-hydrogen) atoms. The molecule has 0 amide bonds. The number of hydrogen-bond donors (Lipinski definition) is 1. The second-order valence-corrected chi connectivity index (χ2v) is 3.76. The number of aliphatic hydroxyl groups is 1. The maximum atomic E-state index is 10.8. The van der Waals surface area contributed by atoms with Crippen molar-refractivity contribution >= 4 is 11.1 Å². The summed E-state index contributed by atoms with van der Waals surface area (Å²) in [6, 6.07) is 8.89. The lowest BCUT2D eigenvalue weighted by molar-refractivity contribution is 0.285. The van der Waals surface area contributed by atoms with Crippen molar-refractivity contribution in [2.45, 2.75) is 11.7 Å². The third-order valence-electron chi connectivity index (χ3n) is 1.79. The first kappa shape index (κ1) is 10.4. The molecule has 0 fully saturated rings. The van der Waals surface area contributed by atoms with E-state index in [0.29, 0.717) is 0 Å². The lowest BCUT2D eigenvalue weighted by atomic mass is 10.1. The van der Waals surface area contributed by atoms with Crippen LogP contribution in [0.4, 0.5) is 0 Å². The standard InChI is InChI=1S/C9H12O3S/c10-7-6-9(13(11)12)8-4-2-1-3-5-8/h1-5,9-10H,6-7H2,(H,11,12)/p-1. The van der Waals surface area contributed by atoms with E-state index in [4.69, 9.17) is 5.11 Å². The first-order chi connectivity index (χ1) is 6.25. The maximum Gasteiger partial charge on any atom is 0.0486 e. The van der Waals surface area contributed by atoms with Crippen LogP contribution >= 0.6 is 0 Å². The second-order valence-electron chi connectivity index (χ2n) is 2.67. The van der Waals surface area contributed by atoms with E-state index in [9.17, 15) is 8.76 Å². The summed E-state index contributed by atoms with van der Waals surface area (Å²) in [6.45, 7) is -0.118. The summed E-state index contributed by atoms with van der Waals surface area (Å²) >= 11 is -2.16. The van der Waals surface area contributed by atoms with Crippen LogP contribution in [-0.4, -0.2) is 20.5 Å². The lowest BCUT2D eigenvalue weighted by Gasteiger charge is -2.18. The molecule has 4 heteroatoms. The van der Waals surface area contributed by atoms with Crippen molar-refractivity contribution in [1.82, 2.24) is 0 Å². The first-order valence-corrected chi connectivity index (χ1v) is 5.13. The monoisotopic (exact) mass is 199 g/mol. The van der Waals surface area contributed by atoms with Gasteiger partial charge in [0.05, 0.1) is 0 Å². The number of benzene rings is 1. The summed E-state index contributed by atoms with van der Waals surface area (Å²) in [6.07, 6.45) is 0.250. The van der Waals surface area contributed by atoms with Crippen molar-refractivity contribution in [2.75, 3.05) is 6.61 Å². The van der Waals surface area contributed by atoms with Crippen LogP contribution in [0, 0.1) is 0 Å². The molecule has 1 rings (SSSR count). The van der Waals surface area contributed by atoms with Gasteiger partial charge in [0, 0.05) is 11.9 Å². The van der Waals surface area contributed by atoms with Crippen LogP contribution in [0.25, 0.3) is 0 Å². The lowest BCUT2D eigenvalue weighted by Crippen LogP contribution is -2.07. The van der Waals surface area contributed by atoms with Gasteiger partial charge < -0.3 is 9.66 Å². The molecule has 0 heterocycles. The molecule has 1 aromatic carbocycles. The fraction of sp³-hybridized carbons (Fsp3) is 0.333. The third-order valence-corrected chi connectivity index (χ3v) is 2.77. The number of aliphatic hydroxyl groups excluding tert-OH is 1. The Labute approximate surface area is 79.7 Å². The molecular weight excluding hydrogens is 188 g/mol. The highest BCUT2D eigenvalue weighted by atomic mass is 32.2. The van der Waals surface area contributed by atoms with Crippen molar-refractivity contribution in [2.24, 2.45) is 0 Å². The molecule has 3 nitrogen and oxygen atoms in total. The Hall–Kier alpha value is -0.710. The van der Waals surface area contributed by atoms with Gasteiger partial charge in [-0.05, 0) is 23.1 Å². The molecule has 0 bridgehead atoms. The van der Waals surface area contributed by atoms with Crippen LogP contribution < -0.4 is 0 Å². The van der Waals surface area contributed by atoms with Gasteiger partial charge in [0.1, 0.15) is 0 Å². The minimum atomic E-state index is -2.16. The largest absolute Gasteiger partial charge is 0.772 e. The topological polar surface area (TPSA) is 60.4 Å². The summed E-state index contributed by atoms with van der Waals surface area (Å²) in [4.78, 5) is 0. The Morgan fingerprint density at radius 3 is 2.46 bits per heavy atom. The van der Waals surface area contributed by atoms with Crippen LogP contribution in [0.5, 0.6) is 0 Å². The van der Waals surface area contributed by atoms with E-state index < -0.39 is 16.3 Å². The van der Waals surface area contributed by atoms with Crippen molar-refractivity contribution in [3.8, 4) is 0 Å². The van der Waals surface area contributed by atoms with Gasteiger partial charge in [-0.1, -0.05) is 30.3 Å². The normalized spacial score (nSPS) is 15.2. The van der Waals surface area contributed by atoms with Gasteiger partial charge in [0.25, 0.3) is 0 Å². The van der Waals surface area contributed by atoms with E-state index in [0.717, 1.165) is 5.56 Å². The zero-order chi connectivity index (χ0) is 9.68. The zero-order valence-electron chi connectivity index (χ0n) is 7.05. The van der Waals surface area contributed by atoms with Crippen molar-refractivity contribution < 1.29 is 13.9 Å². The van der Waals surface area contributed by atoms with Gasteiger partial charge in [0.15, 0.2) is 0 Å². The Kier molecular flexibility index (Phi) is 4.08. The average molecular weight is 199 g/mol. The predicted molar refractivity (Wildman–Crippen MR) is 49.8 cm³/mol. The number of rotatable bonds is 4. The summed E-state index contributed by atoms with van der Waals surface area (Å²) in [5, 5.41) is 8.08. The first-order valence-electron chi connectivity index (χ1n) is 3.99. The molecule has 0 aliphatic carbocycles. The van der Waals surface area contributed by atoms with Gasteiger partial charge in [-0.25, -0.2) is 0 Å². The highest BCUT2D eigenvalue weighted by molar-refractivity contribution is 7.79. The van der Waals surface area contributed by atoms with Crippen molar-refractivity contribution in [3.63, 3.8) is 0 Å². The van der Waals surface area contributed by atoms with Gasteiger partial charge in [0.2, 0.25) is 0 Å². The molecule has 0 radical (unpaired) electrons. The summed E-state index contributed by atoms with van der Waals surface area (Å²) < 4.78 is 21.6. The quantitative estimate of drug-likeness (QED) is 0.735. The molecule has 72 valence electrons. The molecule has 2 atom stereocenters. The van der Waals surface area contributed by atoms with E-state index in [1.807, 2.05) is 6.07 Å². The highest BCUT2D eigenvalue weighted by Gasteiger charge is 2.10. The molecular formula is C9H11O3S-. The molecule has 0 aromatic heterocycles. The molecule has 0 aliphatic rings. The zero-order valence-corrected chi connectivity index (χ0v) is 7.87. The molecule has 0 aliphatic heterocycles. The second kappa shape index (κ2) is 5.11. The van der Waals surface area contributed by atoms with Gasteiger partial charge in [-0.2, -0.15) is 0 Å². The van der Waals surface area contributed by atoms with Crippen molar-refractivity contribution in [3.05, 3.63) is 35.9 Å². The average Bonchev–Trinajstić information content (AvgIpc) is 2.15. The predicted octanol–water partition coefficient (Wildman–Crippen LogP) is 0.989.